The van der Waals surface area contributed by atoms with E-state index in [1.807, 2.05) is 60.1 Å². The first-order chi connectivity index (χ1) is 12.5. The van der Waals surface area contributed by atoms with Gasteiger partial charge in [-0.05, 0) is 29.8 Å². The normalized spacial score (nSPS) is 10.8. The van der Waals surface area contributed by atoms with Gasteiger partial charge in [-0.1, -0.05) is 47.6 Å². The van der Waals surface area contributed by atoms with Crippen LogP contribution < -0.4 is 0 Å². The summed E-state index contributed by atoms with van der Waals surface area (Å²) in [5.41, 5.74) is 2.67. The molecule has 1 aromatic heterocycles. The lowest BCUT2D eigenvalue weighted by molar-refractivity contribution is 0.0827. The zero-order chi connectivity index (χ0) is 18.7. The average Bonchev–Trinajstić information content (AvgIpc) is 3.00. The molecule has 0 aliphatic heterocycles. The van der Waals surface area contributed by atoms with Gasteiger partial charge in [-0.2, -0.15) is 0 Å². The summed E-state index contributed by atoms with van der Waals surface area (Å²) < 4.78 is 1.94. The fourth-order valence-corrected chi connectivity index (χ4v) is 3.55. The minimum atomic E-state index is 0.00175. The third-order valence-corrected chi connectivity index (χ3v) is 5.35. The van der Waals surface area contributed by atoms with Gasteiger partial charge in [0.05, 0.1) is 5.02 Å². The van der Waals surface area contributed by atoms with Gasteiger partial charge in [0.25, 0.3) is 5.91 Å². The Labute approximate surface area is 162 Å². The minimum Gasteiger partial charge on any atom is -0.345 e. The zero-order valence-corrected chi connectivity index (χ0v) is 16.4. The smallest absolute Gasteiger partial charge is 0.253 e. The number of amides is 1. The largest absolute Gasteiger partial charge is 0.345 e. The van der Waals surface area contributed by atoms with Gasteiger partial charge in [0.15, 0.2) is 11.0 Å². The highest BCUT2D eigenvalue weighted by Crippen LogP contribution is 2.29. The molecule has 1 amide bonds. The molecule has 1 heterocycles. The van der Waals surface area contributed by atoms with Crippen LogP contribution in [-0.4, -0.2) is 39.7 Å². The number of carbonyl (C=O) groups excluding carboxylic acids is 1. The van der Waals surface area contributed by atoms with Gasteiger partial charge in [0.1, 0.15) is 0 Å². The van der Waals surface area contributed by atoms with E-state index in [0.29, 0.717) is 10.6 Å². The van der Waals surface area contributed by atoms with E-state index < -0.39 is 0 Å². The molecule has 0 atom stereocenters. The first-order valence-electron chi connectivity index (χ1n) is 8.05. The number of halogens is 1. The highest BCUT2D eigenvalue weighted by molar-refractivity contribution is 7.98. The molecule has 0 bridgehead atoms. The van der Waals surface area contributed by atoms with Crippen LogP contribution in [0.4, 0.5) is 0 Å². The third kappa shape index (κ3) is 3.92. The van der Waals surface area contributed by atoms with Crippen molar-refractivity contribution in [2.24, 2.45) is 7.05 Å². The Balaban J connectivity index is 1.71. The maximum absolute atomic E-state index is 11.9. The summed E-state index contributed by atoms with van der Waals surface area (Å²) in [4.78, 5) is 13.5. The average molecular weight is 387 g/mol. The Morgan fingerprint density at radius 2 is 1.81 bits per heavy atom. The Bertz CT molecular complexity index is 922. The molecular formula is C19H19ClN4OS. The van der Waals surface area contributed by atoms with Crippen LogP contribution in [0.5, 0.6) is 0 Å². The molecule has 0 saturated carbocycles. The SMILES string of the molecule is CN(C)C(=O)c1ccc(CSc2nnc(-c3ccccc3Cl)n2C)cc1. The quantitative estimate of drug-likeness (QED) is 0.618. The monoisotopic (exact) mass is 386 g/mol. The highest BCUT2D eigenvalue weighted by atomic mass is 35.5. The molecule has 0 unspecified atom stereocenters. The molecular weight excluding hydrogens is 368 g/mol. The maximum Gasteiger partial charge on any atom is 0.253 e. The van der Waals surface area contributed by atoms with Crippen molar-refractivity contribution in [2.45, 2.75) is 10.9 Å². The Hall–Kier alpha value is -2.31. The highest BCUT2D eigenvalue weighted by Gasteiger charge is 2.14. The maximum atomic E-state index is 11.9. The fraction of sp³-hybridized carbons (Fsp3) is 0.211. The first-order valence-corrected chi connectivity index (χ1v) is 9.41. The second-order valence-corrected chi connectivity index (χ2v) is 7.38. The molecule has 0 radical (unpaired) electrons. The number of thioether (sulfide) groups is 1. The number of benzene rings is 2. The molecule has 134 valence electrons. The van der Waals surface area contributed by atoms with Crippen molar-refractivity contribution in [3.63, 3.8) is 0 Å². The van der Waals surface area contributed by atoms with Gasteiger partial charge in [-0.3, -0.25) is 4.79 Å². The Kier molecular flexibility index (Phi) is 5.64. The van der Waals surface area contributed by atoms with Gasteiger partial charge < -0.3 is 9.47 Å². The van der Waals surface area contributed by atoms with E-state index >= 15 is 0 Å². The van der Waals surface area contributed by atoms with Gasteiger partial charge >= 0.3 is 0 Å². The zero-order valence-electron chi connectivity index (χ0n) is 14.8. The summed E-state index contributed by atoms with van der Waals surface area (Å²) >= 11 is 7.85. The van der Waals surface area contributed by atoms with Crippen molar-refractivity contribution in [3.05, 3.63) is 64.7 Å². The number of rotatable bonds is 5. The lowest BCUT2D eigenvalue weighted by Crippen LogP contribution is -2.21. The van der Waals surface area contributed by atoms with Crippen molar-refractivity contribution in [1.82, 2.24) is 19.7 Å². The predicted molar refractivity (Wildman–Crippen MR) is 105 cm³/mol. The van der Waals surface area contributed by atoms with Crippen molar-refractivity contribution in [2.75, 3.05) is 14.1 Å². The lowest BCUT2D eigenvalue weighted by atomic mass is 10.1. The van der Waals surface area contributed by atoms with E-state index in [1.165, 1.54) is 0 Å². The van der Waals surface area contributed by atoms with Crippen molar-refractivity contribution in [1.29, 1.82) is 0 Å². The van der Waals surface area contributed by atoms with Gasteiger partial charge in [0, 0.05) is 38.0 Å². The molecule has 0 fully saturated rings. The van der Waals surface area contributed by atoms with E-state index in [-0.39, 0.29) is 5.91 Å². The molecule has 26 heavy (non-hydrogen) atoms. The van der Waals surface area contributed by atoms with Crippen LogP contribution in [0.2, 0.25) is 5.02 Å². The van der Waals surface area contributed by atoms with Crippen molar-refractivity contribution >= 4 is 29.3 Å². The van der Waals surface area contributed by atoms with Crippen molar-refractivity contribution < 1.29 is 4.79 Å². The third-order valence-electron chi connectivity index (χ3n) is 3.92. The standard InChI is InChI=1S/C19H19ClN4OS/c1-23(2)18(25)14-10-8-13(9-11-14)12-26-19-22-21-17(24(19)3)15-6-4-5-7-16(15)20/h4-11H,12H2,1-3H3. The molecule has 2 aromatic carbocycles. The van der Waals surface area contributed by atoms with Crippen LogP contribution in [-0.2, 0) is 12.8 Å². The number of aromatic nitrogens is 3. The van der Waals surface area contributed by atoms with Crippen molar-refractivity contribution in [3.8, 4) is 11.4 Å². The van der Waals surface area contributed by atoms with E-state index in [4.69, 9.17) is 11.6 Å². The van der Waals surface area contributed by atoms with Gasteiger partial charge in [-0.15, -0.1) is 10.2 Å². The molecule has 3 aromatic rings. The van der Waals surface area contributed by atoms with Crippen LogP contribution in [0.15, 0.2) is 53.7 Å². The second kappa shape index (κ2) is 7.93. The summed E-state index contributed by atoms with van der Waals surface area (Å²) in [7, 11) is 5.42. The van der Waals surface area contributed by atoms with Crippen LogP contribution in [0.25, 0.3) is 11.4 Å². The summed E-state index contributed by atoms with van der Waals surface area (Å²) in [6, 6.07) is 15.2. The Morgan fingerprint density at radius 1 is 1.12 bits per heavy atom. The lowest BCUT2D eigenvalue weighted by Gasteiger charge is -2.10. The number of nitrogens with zero attached hydrogens (tertiary/aromatic N) is 4. The number of hydrogen-bond donors (Lipinski definition) is 0. The molecule has 0 saturated heterocycles. The van der Waals surface area contributed by atoms with Crippen LogP contribution in [0, 0.1) is 0 Å². The minimum absolute atomic E-state index is 0.00175. The van der Waals surface area contributed by atoms with Gasteiger partial charge in [0.2, 0.25) is 0 Å². The molecule has 0 N–H and O–H groups in total. The first kappa shape index (κ1) is 18.5. The van der Waals surface area contributed by atoms with Crippen LogP contribution in [0.1, 0.15) is 15.9 Å². The number of carbonyl (C=O) groups is 1. The molecule has 7 heteroatoms. The summed E-state index contributed by atoms with van der Waals surface area (Å²) in [5, 5.41) is 10.0. The number of hydrogen-bond acceptors (Lipinski definition) is 4. The molecule has 0 aliphatic rings. The van der Waals surface area contributed by atoms with Gasteiger partial charge in [-0.25, -0.2) is 0 Å². The van der Waals surface area contributed by atoms with E-state index in [9.17, 15) is 4.79 Å². The van der Waals surface area contributed by atoms with Crippen LogP contribution in [0.3, 0.4) is 0 Å². The van der Waals surface area contributed by atoms with E-state index in [0.717, 1.165) is 27.9 Å². The summed E-state index contributed by atoms with van der Waals surface area (Å²) in [5.74, 6) is 1.48. The summed E-state index contributed by atoms with van der Waals surface area (Å²) in [6.45, 7) is 0. The van der Waals surface area contributed by atoms with Crippen LogP contribution >= 0.6 is 23.4 Å². The molecule has 0 spiro atoms. The molecule has 3 rings (SSSR count). The fourth-order valence-electron chi connectivity index (χ4n) is 2.47. The summed E-state index contributed by atoms with van der Waals surface area (Å²) in [6.07, 6.45) is 0. The second-order valence-electron chi connectivity index (χ2n) is 6.03. The molecule has 5 nitrogen and oxygen atoms in total. The van der Waals surface area contributed by atoms with E-state index in [1.54, 1.807) is 30.8 Å². The molecule has 0 aliphatic carbocycles. The topological polar surface area (TPSA) is 51.0 Å². The predicted octanol–water partition coefficient (Wildman–Crippen LogP) is 4.13. The Morgan fingerprint density at radius 3 is 2.46 bits per heavy atom. The van der Waals surface area contributed by atoms with E-state index in [2.05, 4.69) is 10.2 Å².